The van der Waals surface area contributed by atoms with Crippen LogP contribution in [0.4, 0.5) is 0 Å². The van der Waals surface area contributed by atoms with E-state index in [0.717, 1.165) is 30.8 Å². The van der Waals surface area contributed by atoms with Crippen LogP contribution in [0.15, 0.2) is 48.5 Å². The van der Waals surface area contributed by atoms with Gasteiger partial charge >= 0.3 is 0 Å². The van der Waals surface area contributed by atoms with Gasteiger partial charge in [0.15, 0.2) is 0 Å². The van der Waals surface area contributed by atoms with Crippen LogP contribution in [-0.2, 0) is 11.8 Å². The van der Waals surface area contributed by atoms with Crippen LogP contribution in [0, 0.1) is 13.8 Å². The molecule has 1 aliphatic rings. The van der Waals surface area contributed by atoms with Crippen molar-refractivity contribution in [2.75, 3.05) is 0 Å². The van der Waals surface area contributed by atoms with Crippen molar-refractivity contribution in [2.24, 2.45) is 0 Å². The summed E-state index contributed by atoms with van der Waals surface area (Å²) in [5.41, 5.74) is 9.24. The predicted octanol–water partition coefficient (Wildman–Crippen LogP) is 7.10. The van der Waals surface area contributed by atoms with Gasteiger partial charge in [-0.1, -0.05) is 71.4 Å². The van der Waals surface area contributed by atoms with Crippen molar-refractivity contribution in [3.8, 4) is 11.5 Å². The highest BCUT2D eigenvalue weighted by Gasteiger charge is 2.26. The SMILES string of the molecule is CC/C=c1/cc2c(cc1C)=C(c1ccccc1C(C)(C)C)c1cc(C)c(CCC)cc1O2. The topological polar surface area (TPSA) is 9.23 Å². The highest BCUT2D eigenvalue weighted by molar-refractivity contribution is 5.87. The molecule has 1 nitrogen and oxygen atoms in total. The van der Waals surface area contributed by atoms with Gasteiger partial charge < -0.3 is 4.74 Å². The van der Waals surface area contributed by atoms with Crippen LogP contribution in [0.3, 0.4) is 0 Å². The summed E-state index contributed by atoms with van der Waals surface area (Å²) < 4.78 is 6.60. The lowest BCUT2D eigenvalue weighted by Gasteiger charge is -2.28. The number of rotatable bonds is 4. The van der Waals surface area contributed by atoms with Crippen molar-refractivity contribution >= 4 is 11.6 Å². The zero-order chi connectivity index (χ0) is 23.0. The Kier molecular flexibility index (Phi) is 6.03. The molecule has 0 amide bonds. The Morgan fingerprint density at radius 3 is 2.28 bits per heavy atom. The number of benzene rings is 3. The molecule has 0 atom stereocenters. The molecule has 3 aromatic carbocycles. The van der Waals surface area contributed by atoms with Gasteiger partial charge in [-0.2, -0.15) is 0 Å². The molecule has 0 radical (unpaired) electrons. The van der Waals surface area contributed by atoms with Crippen molar-refractivity contribution in [2.45, 2.75) is 73.1 Å². The van der Waals surface area contributed by atoms with Gasteiger partial charge in [-0.25, -0.2) is 0 Å². The molecule has 0 unspecified atom stereocenters. The lowest BCUT2D eigenvalue weighted by atomic mass is 9.79. The van der Waals surface area contributed by atoms with E-state index in [4.69, 9.17) is 4.74 Å². The zero-order valence-corrected chi connectivity index (χ0v) is 20.7. The fourth-order valence-electron chi connectivity index (χ4n) is 4.88. The van der Waals surface area contributed by atoms with E-state index in [9.17, 15) is 0 Å². The fraction of sp³-hybridized carbons (Fsp3) is 0.355. The van der Waals surface area contributed by atoms with Gasteiger partial charge in [-0.3, -0.25) is 0 Å². The van der Waals surface area contributed by atoms with Gasteiger partial charge in [0.05, 0.1) is 0 Å². The van der Waals surface area contributed by atoms with Crippen LogP contribution < -0.4 is 15.2 Å². The average Bonchev–Trinajstić information content (AvgIpc) is 2.74. The van der Waals surface area contributed by atoms with Crippen molar-refractivity contribution in [1.29, 1.82) is 0 Å². The summed E-state index contributed by atoms with van der Waals surface area (Å²) in [4.78, 5) is 0. The molecule has 166 valence electrons. The summed E-state index contributed by atoms with van der Waals surface area (Å²) in [7, 11) is 0. The Morgan fingerprint density at radius 2 is 1.59 bits per heavy atom. The molecule has 1 heterocycles. The molecule has 32 heavy (non-hydrogen) atoms. The smallest absolute Gasteiger partial charge is 0.135 e. The molecule has 4 rings (SSSR count). The van der Waals surface area contributed by atoms with Gasteiger partial charge in [0.2, 0.25) is 0 Å². The molecule has 0 aliphatic carbocycles. The highest BCUT2D eigenvalue weighted by Crippen LogP contribution is 2.41. The molecule has 0 bridgehead atoms. The number of hydrogen-bond acceptors (Lipinski definition) is 1. The highest BCUT2D eigenvalue weighted by atomic mass is 16.5. The van der Waals surface area contributed by atoms with E-state index in [0.29, 0.717) is 0 Å². The standard InChI is InChI=1S/C31H36O/c1-8-12-22-18-28-25(16-20(22)3)30(24-14-10-11-15-27(24)31(5,6)7)26-17-21(4)23(13-9-2)19-29(26)32-28/h10-12,14-19H,8-9,13H2,1-7H3/b22-12-. The normalized spacial score (nSPS) is 13.6. The summed E-state index contributed by atoms with van der Waals surface area (Å²) in [6, 6.07) is 18.1. The third-order valence-electron chi connectivity index (χ3n) is 6.51. The average molecular weight is 425 g/mol. The molecule has 0 spiro atoms. The van der Waals surface area contributed by atoms with E-state index in [1.165, 1.54) is 49.4 Å². The first-order valence-corrected chi connectivity index (χ1v) is 12.0. The van der Waals surface area contributed by atoms with E-state index >= 15 is 0 Å². The molecule has 0 N–H and O–H groups in total. The largest absolute Gasteiger partial charge is 0.456 e. The van der Waals surface area contributed by atoms with Crippen LogP contribution in [0.2, 0.25) is 0 Å². The predicted molar refractivity (Wildman–Crippen MR) is 137 cm³/mol. The van der Waals surface area contributed by atoms with Crippen molar-refractivity contribution < 1.29 is 4.74 Å². The lowest BCUT2D eigenvalue weighted by molar-refractivity contribution is 0.470. The Labute approximate surface area is 193 Å². The third kappa shape index (κ3) is 4.01. The molecular formula is C31H36O. The number of hydrogen-bond donors (Lipinski definition) is 0. The Hall–Kier alpha value is -2.80. The van der Waals surface area contributed by atoms with Gasteiger partial charge in [-0.15, -0.1) is 0 Å². The van der Waals surface area contributed by atoms with Crippen LogP contribution in [0.5, 0.6) is 11.5 Å². The molecular weight excluding hydrogens is 388 g/mol. The first-order chi connectivity index (χ1) is 15.2. The summed E-state index contributed by atoms with van der Waals surface area (Å²) >= 11 is 0. The summed E-state index contributed by atoms with van der Waals surface area (Å²) in [5, 5.41) is 2.46. The van der Waals surface area contributed by atoms with Crippen molar-refractivity contribution in [1.82, 2.24) is 0 Å². The van der Waals surface area contributed by atoms with Gasteiger partial charge in [-0.05, 0) is 89.4 Å². The summed E-state index contributed by atoms with van der Waals surface area (Å²) in [5.74, 6) is 1.95. The fourth-order valence-corrected chi connectivity index (χ4v) is 4.88. The maximum absolute atomic E-state index is 6.60. The Balaban J connectivity index is 2.14. The number of ether oxygens (including phenoxy) is 1. The van der Waals surface area contributed by atoms with Crippen LogP contribution in [0.1, 0.15) is 80.8 Å². The zero-order valence-electron chi connectivity index (χ0n) is 20.7. The number of aryl methyl sites for hydroxylation is 3. The lowest BCUT2D eigenvalue weighted by Crippen LogP contribution is -2.24. The second kappa shape index (κ2) is 8.62. The summed E-state index contributed by atoms with van der Waals surface area (Å²) in [6.07, 6.45) is 5.51. The van der Waals surface area contributed by atoms with Crippen LogP contribution in [-0.4, -0.2) is 0 Å². The summed E-state index contributed by atoms with van der Waals surface area (Å²) in [6.45, 7) is 15.8. The molecule has 0 aromatic heterocycles. The molecule has 0 saturated carbocycles. The quantitative estimate of drug-likeness (QED) is 0.339. The third-order valence-corrected chi connectivity index (χ3v) is 6.51. The van der Waals surface area contributed by atoms with Gasteiger partial charge in [0.25, 0.3) is 0 Å². The van der Waals surface area contributed by atoms with Gasteiger partial charge in [0, 0.05) is 16.4 Å². The second-order valence-electron chi connectivity index (χ2n) is 10.1. The van der Waals surface area contributed by atoms with Crippen LogP contribution >= 0.6 is 0 Å². The van der Waals surface area contributed by atoms with E-state index < -0.39 is 0 Å². The Morgan fingerprint density at radius 1 is 0.844 bits per heavy atom. The molecule has 0 saturated heterocycles. The monoisotopic (exact) mass is 424 g/mol. The minimum absolute atomic E-state index is 0.0460. The first-order valence-electron chi connectivity index (χ1n) is 12.0. The van der Waals surface area contributed by atoms with E-state index in [1.807, 2.05) is 0 Å². The Bertz CT molecular complexity index is 1290. The second-order valence-corrected chi connectivity index (χ2v) is 10.1. The van der Waals surface area contributed by atoms with E-state index in [2.05, 4.69) is 103 Å². The maximum atomic E-state index is 6.60. The maximum Gasteiger partial charge on any atom is 0.135 e. The minimum Gasteiger partial charge on any atom is -0.456 e. The van der Waals surface area contributed by atoms with E-state index in [-0.39, 0.29) is 5.41 Å². The molecule has 0 fully saturated rings. The molecule has 3 aromatic rings. The van der Waals surface area contributed by atoms with Crippen molar-refractivity contribution in [3.05, 3.63) is 92.3 Å². The van der Waals surface area contributed by atoms with Crippen molar-refractivity contribution in [3.63, 3.8) is 0 Å². The first kappa shape index (κ1) is 22.4. The minimum atomic E-state index is 0.0460. The number of fused-ring (bicyclic) bond motifs is 2. The molecule has 1 heteroatoms. The van der Waals surface area contributed by atoms with Gasteiger partial charge in [0.1, 0.15) is 11.5 Å². The van der Waals surface area contributed by atoms with E-state index in [1.54, 1.807) is 0 Å². The van der Waals surface area contributed by atoms with Crippen LogP contribution in [0.25, 0.3) is 11.6 Å². The molecule has 1 aliphatic heterocycles.